The number of aromatic hydroxyl groups is 1. The third kappa shape index (κ3) is 4.85. The van der Waals surface area contributed by atoms with Crippen molar-refractivity contribution in [3.05, 3.63) is 75.5 Å². The van der Waals surface area contributed by atoms with Crippen LogP contribution >= 0.6 is 0 Å². The van der Waals surface area contributed by atoms with Crippen LogP contribution in [0.15, 0.2) is 56.2 Å². The van der Waals surface area contributed by atoms with Crippen LogP contribution in [-0.2, 0) is 13.0 Å². The van der Waals surface area contributed by atoms with E-state index in [1.807, 2.05) is 37.3 Å². The summed E-state index contributed by atoms with van der Waals surface area (Å²) in [7, 11) is 0. The Morgan fingerprint density at radius 3 is 2.51 bits per heavy atom. The van der Waals surface area contributed by atoms with E-state index in [2.05, 4.69) is 33.8 Å². The Morgan fingerprint density at radius 1 is 1.06 bits per heavy atom. The summed E-state index contributed by atoms with van der Waals surface area (Å²) in [6.45, 7) is 10.2. The summed E-state index contributed by atoms with van der Waals surface area (Å²) in [4.78, 5) is 21.4. The van der Waals surface area contributed by atoms with Gasteiger partial charge in [-0.25, -0.2) is 4.79 Å². The second-order valence-corrected chi connectivity index (χ2v) is 9.23. The van der Waals surface area contributed by atoms with Gasteiger partial charge in [0.25, 0.3) is 0 Å². The van der Waals surface area contributed by atoms with Crippen molar-refractivity contribution in [3.8, 4) is 17.1 Å². The Balaban J connectivity index is 1.26. The Labute approximate surface area is 203 Å². The number of benzene rings is 2. The molecule has 1 aliphatic rings. The van der Waals surface area contributed by atoms with Crippen LogP contribution in [0.4, 0.5) is 0 Å². The van der Waals surface area contributed by atoms with Crippen molar-refractivity contribution in [3.63, 3.8) is 0 Å². The maximum Gasteiger partial charge on any atom is 0.336 e. The van der Waals surface area contributed by atoms with E-state index in [1.54, 1.807) is 12.1 Å². The molecule has 3 heterocycles. The Bertz CT molecular complexity index is 1380. The van der Waals surface area contributed by atoms with E-state index >= 15 is 0 Å². The van der Waals surface area contributed by atoms with E-state index in [1.165, 1.54) is 5.56 Å². The minimum atomic E-state index is -0.399. The third-order valence-corrected chi connectivity index (χ3v) is 6.87. The van der Waals surface area contributed by atoms with Gasteiger partial charge >= 0.3 is 5.63 Å². The van der Waals surface area contributed by atoms with Crippen molar-refractivity contribution in [2.24, 2.45) is 0 Å². The zero-order chi connectivity index (χ0) is 24.5. The summed E-state index contributed by atoms with van der Waals surface area (Å²) in [5.41, 5.74) is 3.93. The van der Waals surface area contributed by atoms with E-state index in [-0.39, 0.29) is 11.8 Å². The van der Waals surface area contributed by atoms with Crippen molar-refractivity contribution >= 4 is 11.0 Å². The molecule has 1 fully saturated rings. The molecule has 1 unspecified atom stereocenters. The van der Waals surface area contributed by atoms with Gasteiger partial charge in [-0.3, -0.25) is 9.80 Å². The van der Waals surface area contributed by atoms with E-state index in [0.29, 0.717) is 30.3 Å². The molecule has 0 amide bonds. The normalized spacial score (nSPS) is 16.1. The topological polar surface area (TPSA) is 95.8 Å². The van der Waals surface area contributed by atoms with Crippen molar-refractivity contribution in [2.75, 3.05) is 26.2 Å². The number of phenolic OH excluding ortho intramolecular Hbond substituents is 1. The fourth-order valence-corrected chi connectivity index (χ4v) is 4.65. The summed E-state index contributed by atoms with van der Waals surface area (Å²) < 4.78 is 10.9. The number of aryl methyl sites for hydroxylation is 2. The molecule has 1 saturated heterocycles. The van der Waals surface area contributed by atoms with E-state index in [9.17, 15) is 9.90 Å². The second-order valence-electron chi connectivity index (χ2n) is 9.23. The van der Waals surface area contributed by atoms with Crippen LogP contribution in [0.25, 0.3) is 22.4 Å². The van der Waals surface area contributed by atoms with E-state index < -0.39 is 5.63 Å². The lowest BCUT2D eigenvalue weighted by Crippen LogP contribution is -2.46. The van der Waals surface area contributed by atoms with Crippen LogP contribution in [0.5, 0.6) is 5.75 Å². The minimum absolute atomic E-state index is 0.0172. The highest BCUT2D eigenvalue weighted by Crippen LogP contribution is 2.28. The van der Waals surface area contributed by atoms with Crippen molar-refractivity contribution in [1.29, 1.82) is 0 Å². The number of hydrogen-bond donors (Lipinski definition) is 1. The first-order valence-corrected chi connectivity index (χ1v) is 12.1. The predicted octanol–water partition coefficient (Wildman–Crippen LogP) is 4.30. The van der Waals surface area contributed by atoms with Crippen molar-refractivity contribution in [1.82, 2.24) is 19.9 Å². The lowest BCUT2D eigenvalue weighted by atomic mass is 10.0. The molecule has 0 bridgehead atoms. The first kappa shape index (κ1) is 23.3. The van der Waals surface area contributed by atoms with Gasteiger partial charge in [-0.05, 0) is 37.5 Å². The molecule has 0 radical (unpaired) electrons. The lowest BCUT2D eigenvalue weighted by Gasteiger charge is -2.36. The maximum atomic E-state index is 12.1. The summed E-state index contributed by atoms with van der Waals surface area (Å²) >= 11 is 0. The monoisotopic (exact) mass is 474 g/mol. The molecule has 35 heavy (non-hydrogen) atoms. The summed E-state index contributed by atoms with van der Waals surface area (Å²) in [5.74, 6) is 1.39. The van der Waals surface area contributed by atoms with Crippen LogP contribution in [0.2, 0.25) is 0 Å². The van der Waals surface area contributed by atoms with Crippen LogP contribution < -0.4 is 5.63 Å². The average Bonchev–Trinajstić information content (AvgIpc) is 3.34. The molecule has 4 aromatic rings. The molecule has 2 aromatic carbocycles. The van der Waals surface area contributed by atoms with E-state index in [4.69, 9.17) is 8.94 Å². The Kier molecular flexibility index (Phi) is 6.40. The van der Waals surface area contributed by atoms with Gasteiger partial charge in [-0.15, -0.1) is 0 Å². The first-order chi connectivity index (χ1) is 16.9. The molecular weight excluding hydrogens is 444 g/mol. The van der Waals surface area contributed by atoms with Gasteiger partial charge in [-0.2, -0.15) is 4.98 Å². The number of phenols is 1. The van der Waals surface area contributed by atoms with Crippen molar-refractivity contribution < 1.29 is 14.0 Å². The highest BCUT2D eigenvalue weighted by Gasteiger charge is 2.26. The fourth-order valence-electron chi connectivity index (χ4n) is 4.65. The van der Waals surface area contributed by atoms with Crippen LogP contribution in [0, 0.1) is 6.92 Å². The molecule has 5 rings (SSSR count). The summed E-state index contributed by atoms with van der Waals surface area (Å²) in [6, 6.07) is 13.2. The highest BCUT2D eigenvalue weighted by atomic mass is 16.5. The molecule has 8 nitrogen and oxygen atoms in total. The summed E-state index contributed by atoms with van der Waals surface area (Å²) in [6.07, 6.45) is 0.707. The number of rotatable bonds is 6. The average molecular weight is 475 g/mol. The Hall–Kier alpha value is -3.49. The van der Waals surface area contributed by atoms with Gasteiger partial charge in [0.15, 0.2) is 0 Å². The Morgan fingerprint density at radius 2 is 1.80 bits per heavy atom. The smallest absolute Gasteiger partial charge is 0.336 e. The standard InChI is InChI=1S/C27H30N4O4/c1-4-19-13-22-21(14-25(33)34-24(22)15-23(19)32)16-30-9-11-31(12-10-30)18(3)27-28-26(29-35-27)20-7-5-17(2)6-8-20/h5-8,13-15,18,32H,4,9-12,16H2,1-3H3. The largest absolute Gasteiger partial charge is 0.508 e. The van der Waals surface area contributed by atoms with Crippen LogP contribution in [0.3, 0.4) is 0 Å². The molecule has 0 saturated carbocycles. The van der Waals surface area contributed by atoms with Crippen LogP contribution in [-0.4, -0.2) is 51.2 Å². The third-order valence-electron chi connectivity index (χ3n) is 6.87. The lowest BCUT2D eigenvalue weighted by molar-refractivity contribution is 0.0847. The molecule has 8 heteroatoms. The zero-order valence-corrected chi connectivity index (χ0v) is 20.3. The number of aromatic nitrogens is 2. The molecule has 182 valence electrons. The van der Waals surface area contributed by atoms with Gasteiger partial charge in [0.1, 0.15) is 11.3 Å². The number of fused-ring (bicyclic) bond motifs is 1. The minimum Gasteiger partial charge on any atom is -0.508 e. The second kappa shape index (κ2) is 9.64. The molecule has 1 atom stereocenters. The zero-order valence-electron chi connectivity index (χ0n) is 20.3. The number of nitrogens with zero attached hydrogens (tertiary/aromatic N) is 4. The molecule has 1 N–H and O–H groups in total. The quantitative estimate of drug-likeness (QED) is 0.413. The van der Waals surface area contributed by atoms with E-state index in [0.717, 1.165) is 48.3 Å². The van der Waals surface area contributed by atoms with Crippen molar-refractivity contribution in [2.45, 2.75) is 39.8 Å². The van der Waals surface area contributed by atoms with Gasteiger partial charge in [0, 0.05) is 55.8 Å². The molecule has 2 aromatic heterocycles. The van der Waals surface area contributed by atoms with Gasteiger partial charge in [0.05, 0.1) is 6.04 Å². The number of piperazine rings is 1. The molecule has 1 aliphatic heterocycles. The number of hydrogen-bond acceptors (Lipinski definition) is 8. The predicted molar refractivity (Wildman–Crippen MR) is 133 cm³/mol. The SMILES string of the molecule is CCc1cc2c(CN3CCN(C(C)c4nc(-c5ccc(C)cc5)no4)CC3)cc(=O)oc2cc1O. The molecular formula is C27H30N4O4. The molecule has 0 spiro atoms. The van der Waals surface area contributed by atoms with Gasteiger partial charge < -0.3 is 14.0 Å². The highest BCUT2D eigenvalue weighted by molar-refractivity contribution is 5.82. The fraction of sp³-hybridized carbons (Fsp3) is 0.370. The molecule has 0 aliphatic carbocycles. The first-order valence-electron chi connectivity index (χ1n) is 12.1. The maximum absolute atomic E-state index is 12.1. The van der Waals surface area contributed by atoms with Crippen LogP contribution in [0.1, 0.15) is 42.5 Å². The van der Waals surface area contributed by atoms with Gasteiger partial charge in [0.2, 0.25) is 11.7 Å². The van der Waals surface area contributed by atoms with Gasteiger partial charge in [-0.1, -0.05) is 41.9 Å². The summed E-state index contributed by atoms with van der Waals surface area (Å²) in [5, 5.41) is 15.2.